The van der Waals surface area contributed by atoms with E-state index < -0.39 is 11.5 Å². The Labute approximate surface area is 119 Å². The molecule has 0 unspecified atom stereocenters. The van der Waals surface area contributed by atoms with Gasteiger partial charge in [0.15, 0.2) is 0 Å². The van der Waals surface area contributed by atoms with Gasteiger partial charge in [0.25, 0.3) is 0 Å². The van der Waals surface area contributed by atoms with Gasteiger partial charge in [-0.2, -0.15) is 5.10 Å². The highest BCUT2D eigenvalue weighted by Gasteiger charge is 2.42. The van der Waals surface area contributed by atoms with Gasteiger partial charge in [0, 0.05) is 0 Å². The third kappa shape index (κ3) is 2.49. The minimum Gasteiger partial charge on any atom is -0.477 e. The first kappa shape index (κ1) is 13.3. The second kappa shape index (κ2) is 5.00. The van der Waals surface area contributed by atoms with Gasteiger partial charge < -0.3 is 15.4 Å². The molecule has 1 aliphatic carbocycles. The van der Waals surface area contributed by atoms with Crippen LogP contribution >= 0.6 is 0 Å². The molecule has 0 aromatic carbocycles. The number of amides is 1. The summed E-state index contributed by atoms with van der Waals surface area (Å²) in [5, 5.41) is 15.7. The first-order chi connectivity index (χ1) is 10.1. The van der Waals surface area contributed by atoms with Gasteiger partial charge >= 0.3 is 5.97 Å². The largest absolute Gasteiger partial charge is 0.477 e. The van der Waals surface area contributed by atoms with Crippen LogP contribution in [0.2, 0.25) is 0 Å². The van der Waals surface area contributed by atoms with Gasteiger partial charge in [-0.15, -0.1) is 0 Å². The van der Waals surface area contributed by atoms with E-state index in [4.69, 9.17) is 5.11 Å². The Morgan fingerprint density at radius 1 is 1.48 bits per heavy atom. The van der Waals surface area contributed by atoms with Crippen molar-refractivity contribution in [3.63, 3.8) is 0 Å². The third-order valence-electron chi connectivity index (χ3n) is 3.62. The minimum absolute atomic E-state index is 0.0156. The SMILES string of the molecule is O=C(Cn1cncn1)NC1(c2ncc(C(=O)O)[nH]2)CCC1. The molecule has 0 spiro atoms. The lowest BCUT2D eigenvalue weighted by Gasteiger charge is -2.40. The van der Waals surface area contributed by atoms with E-state index in [0.29, 0.717) is 5.82 Å². The molecule has 2 heterocycles. The van der Waals surface area contributed by atoms with Crippen LogP contribution in [0.5, 0.6) is 0 Å². The number of aromatic carboxylic acids is 1. The van der Waals surface area contributed by atoms with Crippen LogP contribution in [-0.2, 0) is 16.9 Å². The van der Waals surface area contributed by atoms with Crippen LogP contribution in [0.25, 0.3) is 0 Å². The number of hydrogen-bond donors (Lipinski definition) is 3. The molecule has 0 bridgehead atoms. The molecule has 0 atom stereocenters. The molecule has 3 rings (SSSR count). The zero-order valence-electron chi connectivity index (χ0n) is 11.1. The normalized spacial score (nSPS) is 16.2. The highest BCUT2D eigenvalue weighted by atomic mass is 16.4. The predicted octanol–water partition coefficient (Wildman–Crippen LogP) is -0.105. The fraction of sp³-hybridized carbons (Fsp3) is 0.417. The van der Waals surface area contributed by atoms with Gasteiger partial charge in [-0.25, -0.2) is 19.4 Å². The maximum absolute atomic E-state index is 12.1. The van der Waals surface area contributed by atoms with Crippen molar-refractivity contribution in [3.8, 4) is 0 Å². The first-order valence-electron chi connectivity index (χ1n) is 6.51. The van der Waals surface area contributed by atoms with E-state index in [1.54, 1.807) is 0 Å². The van der Waals surface area contributed by atoms with E-state index in [1.165, 1.54) is 23.5 Å². The minimum atomic E-state index is -1.07. The fourth-order valence-electron chi connectivity index (χ4n) is 2.39. The summed E-state index contributed by atoms with van der Waals surface area (Å²) >= 11 is 0. The topological polar surface area (TPSA) is 126 Å². The van der Waals surface area contributed by atoms with Crippen LogP contribution in [0, 0.1) is 0 Å². The van der Waals surface area contributed by atoms with E-state index >= 15 is 0 Å². The molecule has 1 amide bonds. The number of hydrogen-bond acceptors (Lipinski definition) is 5. The quantitative estimate of drug-likeness (QED) is 0.705. The molecule has 110 valence electrons. The summed E-state index contributed by atoms with van der Waals surface area (Å²) in [5.41, 5.74) is -0.590. The zero-order chi connectivity index (χ0) is 14.9. The average Bonchev–Trinajstić information content (AvgIpc) is 3.04. The number of nitrogens with one attached hydrogen (secondary N) is 2. The summed E-state index contributed by atoms with van der Waals surface area (Å²) in [7, 11) is 0. The summed E-state index contributed by atoms with van der Waals surface area (Å²) in [5.74, 6) is -0.802. The molecule has 0 radical (unpaired) electrons. The number of carbonyl (C=O) groups excluding carboxylic acids is 1. The number of carbonyl (C=O) groups is 2. The van der Waals surface area contributed by atoms with Crippen molar-refractivity contribution in [1.82, 2.24) is 30.0 Å². The molecule has 0 aliphatic heterocycles. The van der Waals surface area contributed by atoms with Crippen LogP contribution in [0.1, 0.15) is 35.6 Å². The highest BCUT2D eigenvalue weighted by Crippen LogP contribution is 2.39. The van der Waals surface area contributed by atoms with Crippen molar-refractivity contribution in [1.29, 1.82) is 0 Å². The van der Waals surface area contributed by atoms with Crippen molar-refractivity contribution in [2.24, 2.45) is 0 Å². The number of carboxylic acids is 1. The number of imidazole rings is 1. The molecule has 1 aliphatic rings. The summed E-state index contributed by atoms with van der Waals surface area (Å²) in [6, 6.07) is 0. The second-order valence-corrected chi connectivity index (χ2v) is 5.03. The lowest BCUT2D eigenvalue weighted by atomic mass is 9.76. The van der Waals surface area contributed by atoms with Crippen molar-refractivity contribution >= 4 is 11.9 Å². The second-order valence-electron chi connectivity index (χ2n) is 5.03. The molecule has 0 saturated heterocycles. The smallest absolute Gasteiger partial charge is 0.353 e. The Kier molecular flexibility index (Phi) is 3.16. The number of aromatic amines is 1. The van der Waals surface area contributed by atoms with Crippen molar-refractivity contribution in [3.05, 3.63) is 30.4 Å². The summed E-state index contributed by atoms with van der Waals surface area (Å²) in [4.78, 5) is 33.6. The number of nitrogens with zero attached hydrogens (tertiary/aromatic N) is 4. The molecule has 9 heteroatoms. The highest BCUT2D eigenvalue weighted by molar-refractivity contribution is 5.85. The van der Waals surface area contributed by atoms with E-state index in [9.17, 15) is 9.59 Å². The van der Waals surface area contributed by atoms with Crippen molar-refractivity contribution in [2.75, 3.05) is 0 Å². The number of carboxylic acid groups (broad SMARTS) is 1. The monoisotopic (exact) mass is 290 g/mol. The van der Waals surface area contributed by atoms with E-state index in [0.717, 1.165) is 19.3 Å². The maximum Gasteiger partial charge on any atom is 0.353 e. The first-order valence-corrected chi connectivity index (χ1v) is 6.51. The maximum atomic E-state index is 12.1. The summed E-state index contributed by atoms with van der Waals surface area (Å²) < 4.78 is 1.42. The van der Waals surface area contributed by atoms with Gasteiger partial charge in [0.1, 0.15) is 30.7 Å². The van der Waals surface area contributed by atoms with Crippen LogP contribution in [-0.4, -0.2) is 41.7 Å². The Morgan fingerprint density at radius 2 is 2.29 bits per heavy atom. The fourth-order valence-corrected chi connectivity index (χ4v) is 2.39. The third-order valence-corrected chi connectivity index (χ3v) is 3.62. The van der Waals surface area contributed by atoms with Crippen LogP contribution in [0.3, 0.4) is 0 Å². The molecule has 9 nitrogen and oxygen atoms in total. The van der Waals surface area contributed by atoms with Gasteiger partial charge in [0.2, 0.25) is 5.91 Å². The Balaban J connectivity index is 1.73. The van der Waals surface area contributed by atoms with Gasteiger partial charge in [-0.1, -0.05) is 0 Å². The standard InChI is InChI=1S/C12H14N6O3/c19-9(5-18-7-13-6-15-18)17-12(2-1-3-12)11-14-4-8(16-11)10(20)21/h4,6-7H,1-3,5H2,(H,14,16)(H,17,19)(H,20,21). The van der Waals surface area contributed by atoms with Crippen LogP contribution in [0.15, 0.2) is 18.9 Å². The van der Waals surface area contributed by atoms with Crippen molar-refractivity contribution < 1.29 is 14.7 Å². The van der Waals surface area contributed by atoms with Gasteiger partial charge in [-0.3, -0.25) is 4.79 Å². The Hall–Kier alpha value is -2.71. The lowest BCUT2D eigenvalue weighted by molar-refractivity contribution is -0.125. The number of rotatable bonds is 5. The molecule has 1 saturated carbocycles. The average molecular weight is 290 g/mol. The van der Waals surface area contributed by atoms with E-state index in [2.05, 4.69) is 25.4 Å². The Bertz CT molecular complexity index is 658. The molecule has 2 aromatic heterocycles. The zero-order valence-corrected chi connectivity index (χ0v) is 11.1. The Morgan fingerprint density at radius 3 is 2.81 bits per heavy atom. The number of aromatic nitrogens is 5. The van der Waals surface area contributed by atoms with Crippen LogP contribution in [0.4, 0.5) is 0 Å². The summed E-state index contributed by atoms with van der Waals surface area (Å²) in [6.07, 6.45) is 6.49. The summed E-state index contributed by atoms with van der Waals surface area (Å²) in [6.45, 7) is 0.0637. The molecular weight excluding hydrogens is 276 g/mol. The molecular formula is C12H14N6O3. The molecule has 21 heavy (non-hydrogen) atoms. The molecule has 2 aromatic rings. The van der Waals surface area contributed by atoms with Gasteiger partial charge in [-0.05, 0) is 19.3 Å². The lowest BCUT2D eigenvalue weighted by Crippen LogP contribution is -2.52. The predicted molar refractivity (Wildman–Crippen MR) is 69.2 cm³/mol. The molecule has 1 fully saturated rings. The van der Waals surface area contributed by atoms with Gasteiger partial charge in [0.05, 0.1) is 11.7 Å². The van der Waals surface area contributed by atoms with E-state index in [-0.39, 0.29) is 18.1 Å². The van der Waals surface area contributed by atoms with Crippen LogP contribution < -0.4 is 5.32 Å². The van der Waals surface area contributed by atoms with E-state index in [1.807, 2.05) is 0 Å². The van der Waals surface area contributed by atoms with Crippen molar-refractivity contribution in [2.45, 2.75) is 31.3 Å². The molecule has 3 N–H and O–H groups in total. The number of H-pyrrole nitrogens is 1.